The average molecular weight is 947 g/mol. The molecule has 0 spiro atoms. The lowest BCUT2D eigenvalue weighted by molar-refractivity contribution is 1.14. The van der Waals surface area contributed by atoms with E-state index in [-0.39, 0.29) is 0 Å². The first-order valence-corrected chi connectivity index (χ1v) is 25.2. The number of para-hydroxylation sites is 4. The van der Waals surface area contributed by atoms with Gasteiger partial charge in [-0.05, 0) is 120 Å². The largest absolute Gasteiger partial charge is 0.319 e. The molecule has 0 N–H and O–H groups in total. The molecule has 0 fully saturated rings. The Kier molecular flexibility index (Phi) is 8.86. The molecule has 338 valence electrons. The number of benzene rings is 11. The van der Waals surface area contributed by atoms with Crippen LogP contribution >= 0.6 is 11.3 Å². The average Bonchev–Trinajstić information content (AvgIpc) is 4.19. The third kappa shape index (κ3) is 6.01. The van der Waals surface area contributed by atoms with E-state index in [1.54, 1.807) is 11.3 Å². The lowest BCUT2D eigenvalue weighted by Gasteiger charge is -2.25. The maximum atomic E-state index is 11.4. The Bertz CT molecular complexity index is 4790. The van der Waals surface area contributed by atoms with Crippen LogP contribution in [0.5, 0.6) is 0 Å². The Morgan fingerprint density at radius 1 is 0.397 bits per heavy atom. The summed E-state index contributed by atoms with van der Waals surface area (Å²) in [5, 5.41) is 22.8. The van der Waals surface area contributed by atoms with Crippen LogP contribution in [-0.2, 0) is 0 Å². The molecule has 11 aromatic carbocycles. The first-order valence-electron chi connectivity index (χ1n) is 24.3. The third-order valence-electron chi connectivity index (χ3n) is 14.8. The van der Waals surface area contributed by atoms with Gasteiger partial charge in [-0.2, -0.15) is 5.26 Å². The van der Waals surface area contributed by atoms with Crippen molar-refractivity contribution in [1.82, 2.24) is 13.7 Å². The summed E-state index contributed by atoms with van der Waals surface area (Å²) in [4.78, 5) is 6.60. The molecule has 0 aliphatic rings. The summed E-state index contributed by atoms with van der Waals surface area (Å²) in [6.07, 6.45) is 0. The molecule has 0 unspecified atom stereocenters. The van der Waals surface area contributed by atoms with Gasteiger partial charge in [-0.25, -0.2) is 4.85 Å². The molecule has 0 atom stereocenters. The van der Waals surface area contributed by atoms with E-state index in [1.807, 2.05) is 24.3 Å². The first kappa shape index (κ1) is 40.9. The van der Waals surface area contributed by atoms with Gasteiger partial charge in [0.15, 0.2) is 0 Å². The van der Waals surface area contributed by atoms with Crippen LogP contribution in [0.3, 0.4) is 0 Å². The molecule has 4 heterocycles. The zero-order valence-electron chi connectivity index (χ0n) is 39.0. The van der Waals surface area contributed by atoms with Gasteiger partial charge in [-0.15, -0.1) is 11.3 Å². The van der Waals surface area contributed by atoms with Crippen LogP contribution in [0.2, 0.25) is 0 Å². The van der Waals surface area contributed by atoms with Gasteiger partial charge in [-0.3, -0.25) is 0 Å². The Balaban J connectivity index is 0.988. The minimum atomic E-state index is 0.446. The van der Waals surface area contributed by atoms with E-state index < -0.39 is 0 Å². The van der Waals surface area contributed by atoms with Crippen molar-refractivity contribution in [2.45, 2.75) is 0 Å². The van der Waals surface area contributed by atoms with E-state index in [2.05, 4.69) is 236 Å². The van der Waals surface area contributed by atoms with Crippen molar-refractivity contribution in [3.8, 4) is 23.1 Å². The van der Waals surface area contributed by atoms with Gasteiger partial charge < -0.3 is 18.6 Å². The lowest BCUT2D eigenvalue weighted by Crippen LogP contribution is -2.09. The Morgan fingerprint density at radius 3 is 1.71 bits per heavy atom. The van der Waals surface area contributed by atoms with Crippen LogP contribution in [0.1, 0.15) is 5.56 Å². The number of thiophene rings is 1. The smallest absolute Gasteiger partial charge is 0.212 e. The second-order valence-corrected chi connectivity index (χ2v) is 19.8. The summed E-state index contributed by atoms with van der Waals surface area (Å²) in [5.41, 5.74) is 12.5. The summed E-state index contributed by atoms with van der Waals surface area (Å²) in [6.45, 7) is 8.91. The number of hydrogen-bond donors (Lipinski definition) is 0. The van der Waals surface area contributed by atoms with Crippen LogP contribution in [0.4, 0.5) is 22.7 Å². The van der Waals surface area contributed by atoms with Gasteiger partial charge in [0.1, 0.15) is 6.07 Å². The lowest BCUT2D eigenvalue weighted by atomic mass is 10.0. The van der Waals surface area contributed by atoms with E-state index in [0.717, 1.165) is 92.9 Å². The summed E-state index contributed by atoms with van der Waals surface area (Å²) in [6, 6.07) is 84.0. The number of anilines is 3. The van der Waals surface area contributed by atoms with E-state index in [9.17, 15) is 5.26 Å². The molecular formula is C66H38N6S. The standard InChI is InChI=1S/C66H38N6S/c1-68-55-38-61(72-58-32-29-45(69(43-17-4-2-5-18-43)44-19-6-3-7-20-44)35-51(58)52-37-53-50-24-12-15-27-64(50)73-65(53)39-62(52)72)42(40-67)34-63(55)71-59-33-30-46(36-54(59)66-47-21-9-8-16-41(47)28-31-60(66)71)70-56-25-13-10-22-48(56)49-23-11-14-26-57(49)70/h2-39H. The van der Waals surface area contributed by atoms with Gasteiger partial charge in [0, 0.05) is 75.2 Å². The molecule has 15 rings (SSSR count). The first-order chi connectivity index (χ1) is 36.1. The van der Waals surface area contributed by atoms with E-state index in [4.69, 9.17) is 6.57 Å². The van der Waals surface area contributed by atoms with Crippen LogP contribution in [0.25, 0.3) is 118 Å². The van der Waals surface area contributed by atoms with Crippen molar-refractivity contribution >= 4 is 130 Å². The van der Waals surface area contributed by atoms with Crippen molar-refractivity contribution in [3.63, 3.8) is 0 Å². The van der Waals surface area contributed by atoms with Gasteiger partial charge >= 0.3 is 0 Å². The third-order valence-corrected chi connectivity index (χ3v) is 16.0. The predicted octanol–water partition coefficient (Wildman–Crippen LogP) is 18.4. The molecule has 4 aromatic heterocycles. The fourth-order valence-corrected chi connectivity index (χ4v) is 12.8. The number of hydrogen-bond acceptors (Lipinski definition) is 3. The van der Waals surface area contributed by atoms with E-state index in [0.29, 0.717) is 22.6 Å². The highest BCUT2D eigenvalue weighted by Crippen LogP contribution is 2.46. The molecule has 73 heavy (non-hydrogen) atoms. The molecular weight excluding hydrogens is 909 g/mol. The highest BCUT2D eigenvalue weighted by molar-refractivity contribution is 7.25. The molecule has 0 radical (unpaired) electrons. The quantitative estimate of drug-likeness (QED) is 0.156. The van der Waals surface area contributed by atoms with Crippen LogP contribution in [-0.4, -0.2) is 13.7 Å². The molecule has 6 nitrogen and oxygen atoms in total. The Morgan fingerprint density at radius 2 is 0.986 bits per heavy atom. The normalized spacial score (nSPS) is 11.8. The summed E-state index contributed by atoms with van der Waals surface area (Å²) < 4.78 is 9.15. The van der Waals surface area contributed by atoms with Crippen molar-refractivity contribution in [3.05, 3.63) is 248 Å². The maximum Gasteiger partial charge on any atom is 0.212 e. The maximum absolute atomic E-state index is 11.4. The molecule has 0 bridgehead atoms. The van der Waals surface area contributed by atoms with Crippen molar-refractivity contribution < 1.29 is 0 Å². The predicted molar refractivity (Wildman–Crippen MR) is 306 cm³/mol. The van der Waals surface area contributed by atoms with E-state index >= 15 is 0 Å². The summed E-state index contributed by atoms with van der Waals surface area (Å²) in [5.74, 6) is 0. The monoisotopic (exact) mass is 946 g/mol. The second-order valence-electron chi connectivity index (χ2n) is 18.7. The second kappa shape index (κ2) is 15.8. The topological polar surface area (TPSA) is 46.2 Å². The molecule has 7 heteroatoms. The SMILES string of the molecule is [C-]#[N+]c1cc(-n2c3ccc(N(c4ccccc4)c4ccccc4)cc3c3cc4c(cc32)sc2ccccc24)c(C#N)cc1-n1c2ccc(-n3c4ccccc4c4ccccc43)cc2c2c3ccccc3ccc21. The van der Waals surface area contributed by atoms with Gasteiger partial charge in [0.25, 0.3) is 0 Å². The van der Waals surface area contributed by atoms with E-state index in [1.165, 1.54) is 26.2 Å². The number of nitriles is 1. The molecule has 0 aliphatic carbocycles. The molecule has 0 saturated heterocycles. The number of fused-ring (bicyclic) bond motifs is 14. The van der Waals surface area contributed by atoms with Gasteiger partial charge in [0.2, 0.25) is 5.69 Å². The highest BCUT2D eigenvalue weighted by atomic mass is 32.1. The number of nitrogens with zero attached hydrogens (tertiary/aromatic N) is 6. The van der Waals surface area contributed by atoms with Gasteiger partial charge in [0.05, 0.1) is 56.6 Å². The zero-order valence-corrected chi connectivity index (χ0v) is 39.8. The van der Waals surface area contributed by atoms with Crippen LogP contribution in [0.15, 0.2) is 231 Å². The van der Waals surface area contributed by atoms with Crippen molar-refractivity contribution in [2.24, 2.45) is 0 Å². The zero-order chi connectivity index (χ0) is 48.3. The molecule has 0 saturated carbocycles. The minimum Gasteiger partial charge on any atom is -0.319 e. The Hall–Kier alpha value is -9.92. The minimum absolute atomic E-state index is 0.446. The van der Waals surface area contributed by atoms with Crippen molar-refractivity contribution in [1.29, 1.82) is 5.26 Å². The molecule has 15 aromatic rings. The summed E-state index contributed by atoms with van der Waals surface area (Å²) in [7, 11) is 0. The highest BCUT2D eigenvalue weighted by Gasteiger charge is 2.25. The summed E-state index contributed by atoms with van der Waals surface area (Å²) >= 11 is 1.77. The fraction of sp³-hybridized carbons (Fsp3) is 0. The molecule has 0 amide bonds. The number of aromatic nitrogens is 3. The fourth-order valence-electron chi connectivity index (χ4n) is 11.7. The number of rotatable bonds is 6. The van der Waals surface area contributed by atoms with Crippen molar-refractivity contribution in [2.75, 3.05) is 4.90 Å². The molecule has 0 aliphatic heterocycles. The van der Waals surface area contributed by atoms with Crippen LogP contribution < -0.4 is 4.90 Å². The van der Waals surface area contributed by atoms with Gasteiger partial charge in [-0.1, -0.05) is 121 Å². The Labute approximate surface area is 422 Å². The van der Waals surface area contributed by atoms with Crippen LogP contribution in [0, 0.1) is 17.9 Å².